The first kappa shape index (κ1) is 22.1. The van der Waals surface area contributed by atoms with Crippen molar-refractivity contribution in [3.63, 3.8) is 0 Å². The molecule has 0 aromatic heterocycles. The second-order valence-corrected chi connectivity index (χ2v) is 5.95. The number of unbranched alkanes of at least 4 members (excludes halogenated alkanes) is 3. The molecule has 2 nitrogen and oxygen atoms in total. The fourth-order valence-electron chi connectivity index (χ4n) is 2.56. The summed E-state index contributed by atoms with van der Waals surface area (Å²) in [6, 6.07) is 0. The number of rotatable bonds is 13. The van der Waals surface area contributed by atoms with Gasteiger partial charge in [0.15, 0.2) is 6.17 Å². The fraction of sp³-hybridized carbons (Fsp3) is 0.938. The number of carboxylic acids is 1. The van der Waals surface area contributed by atoms with Gasteiger partial charge in [0.25, 0.3) is 0 Å². The summed E-state index contributed by atoms with van der Waals surface area (Å²) in [6.07, 6.45) is -1.92. The van der Waals surface area contributed by atoms with Gasteiger partial charge in [0.2, 0.25) is 0 Å². The van der Waals surface area contributed by atoms with Crippen LogP contribution in [0.2, 0.25) is 0 Å². The van der Waals surface area contributed by atoms with Crippen LogP contribution in [-0.4, -0.2) is 29.1 Å². The summed E-state index contributed by atoms with van der Waals surface area (Å²) < 4.78 is 69.3. The van der Waals surface area contributed by atoms with Gasteiger partial charge in [-0.15, -0.1) is 0 Å². The van der Waals surface area contributed by atoms with Crippen LogP contribution in [0.4, 0.5) is 22.0 Å². The van der Waals surface area contributed by atoms with Gasteiger partial charge in [0, 0.05) is 12.3 Å². The smallest absolute Gasteiger partial charge is 0.340 e. The average molecular weight is 346 g/mol. The molecule has 0 radical (unpaired) electrons. The number of hydrogen-bond donors (Lipinski definition) is 1. The Morgan fingerprint density at radius 1 is 0.957 bits per heavy atom. The number of aliphatic carboxylic acids is 1. The Kier molecular flexibility index (Phi) is 9.70. The number of halogens is 5. The molecular formula is C16H27F5O2. The third-order valence-corrected chi connectivity index (χ3v) is 4.06. The first-order valence-electron chi connectivity index (χ1n) is 8.22. The fourth-order valence-corrected chi connectivity index (χ4v) is 2.56. The van der Waals surface area contributed by atoms with Gasteiger partial charge in [-0.2, -0.15) is 17.6 Å². The van der Waals surface area contributed by atoms with E-state index in [4.69, 9.17) is 5.11 Å². The van der Waals surface area contributed by atoms with Gasteiger partial charge in [-0.25, -0.2) is 4.39 Å². The minimum Gasteiger partial charge on any atom is -0.481 e. The number of alkyl halides is 5. The molecule has 0 heterocycles. The Balaban J connectivity index is 5.00. The van der Waals surface area contributed by atoms with Crippen molar-refractivity contribution in [1.29, 1.82) is 0 Å². The largest absolute Gasteiger partial charge is 0.481 e. The topological polar surface area (TPSA) is 37.3 Å². The minimum atomic E-state index is -4.74. The van der Waals surface area contributed by atoms with Crippen molar-refractivity contribution in [2.75, 3.05) is 0 Å². The SMILES string of the molecule is CCCCCCC(CCCC(=O)O)C(F)(F)C(F)(F)C(F)CC. The van der Waals surface area contributed by atoms with Gasteiger partial charge in [0.1, 0.15) is 0 Å². The highest BCUT2D eigenvalue weighted by atomic mass is 19.3. The zero-order chi connectivity index (χ0) is 18.1. The van der Waals surface area contributed by atoms with E-state index in [0.29, 0.717) is 12.8 Å². The van der Waals surface area contributed by atoms with Crippen LogP contribution in [0.3, 0.4) is 0 Å². The normalized spacial score (nSPS) is 15.4. The highest BCUT2D eigenvalue weighted by Gasteiger charge is 2.64. The molecule has 23 heavy (non-hydrogen) atoms. The molecule has 0 fully saturated rings. The molecule has 7 heteroatoms. The van der Waals surface area contributed by atoms with Crippen molar-refractivity contribution in [1.82, 2.24) is 0 Å². The Hall–Kier alpha value is -0.880. The molecule has 2 unspecified atom stereocenters. The lowest BCUT2D eigenvalue weighted by Crippen LogP contribution is -2.52. The molecule has 0 amide bonds. The van der Waals surface area contributed by atoms with Crippen LogP contribution >= 0.6 is 0 Å². The molecule has 0 aromatic rings. The van der Waals surface area contributed by atoms with E-state index in [-0.39, 0.29) is 25.7 Å². The summed E-state index contributed by atoms with van der Waals surface area (Å²) >= 11 is 0. The van der Waals surface area contributed by atoms with E-state index >= 15 is 0 Å². The molecule has 0 saturated carbocycles. The van der Waals surface area contributed by atoms with E-state index in [1.165, 1.54) is 0 Å². The monoisotopic (exact) mass is 346 g/mol. The van der Waals surface area contributed by atoms with Gasteiger partial charge in [-0.1, -0.05) is 39.5 Å². The summed E-state index contributed by atoms with van der Waals surface area (Å²) in [5, 5.41) is 8.57. The quantitative estimate of drug-likeness (QED) is 0.336. The van der Waals surface area contributed by atoms with Gasteiger partial charge < -0.3 is 5.11 Å². The molecular weight excluding hydrogens is 319 g/mol. The molecule has 0 aliphatic rings. The Labute approximate surface area is 134 Å². The number of carbonyl (C=O) groups is 1. The van der Waals surface area contributed by atoms with E-state index < -0.39 is 36.3 Å². The van der Waals surface area contributed by atoms with Crippen molar-refractivity contribution >= 4 is 5.97 Å². The zero-order valence-electron chi connectivity index (χ0n) is 13.8. The van der Waals surface area contributed by atoms with E-state index in [1.807, 2.05) is 6.92 Å². The third-order valence-electron chi connectivity index (χ3n) is 4.06. The molecule has 0 bridgehead atoms. The van der Waals surface area contributed by atoms with Crippen molar-refractivity contribution in [3.8, 4) is 0 Å². The second kappa shape index (κ2) is 10.1. The van der Waals surface area contributed by atoms with E-state index in [9.17, 15) is 26.7 Å². The molecule has 138 valence electrons. The van der Waals surface area contributed by atoms with Crippen molar-refractivity contribution in [3.05, 3.63) is 0 Å². The summed E-state index contributed by atoms with van der Waals surface area (Å²) in [6.45, 7) is 3.03. The molecule has 0 spiro atoms. The summed E-state index contributed by atoms with van der Waals surface area (Å²) in [5.41, 5.74) is 0. The van der Waals surface area contributed by atoms with Crippen molar-refractivity contribution in [2.24, 2.45) is 5.92 Å². The first-order valence-corrected chi connectivity index (χ1v) is 8.22. The lowest BCUT2D eigenvalue weighted by atomic mass is 9.84. The Bertz CT molecular complexity index is 347. The first-order chi connectivity index (χ1) is 10.6. The van der Waals surface area contributed by atoms with Gasteiger partial charge in [-0.3, -0.25) is 4.79 Å². The average Bonchev–Trinajstić information content (AvgIpc) is 2.47. The van der Waals surface area contributed by atoms with E-state index in [2.05, 4.69) is 0 Å². The summed E-state index contributed by atoms with van der Waals surface area (Å²) in [7, 11) is 0. The predicted molar refractivity (Wildman–Crippen MR) is 78.8 cm³/mol. The maximum Gasteiger partial charge on any atom is 0.340 e. The van der Waals surface area contributed by atoms with E-state index in [0.717, 1.165) is 19.8 Å². The van der Waals surface area contributed by atoms with Crippen LogP contribution in [-0.2, 0) is 4.79 Å². The lowest BCUT2D eigenvalue weighted by molar-refractivity contribution is -0.264. The molecule has 0 rings (SSSR count). The maximum absolute atomic E-state index is 14.2. The van der Waals surface area contributed by atoms with Crippen LogP contribution in [0.5, 0.6) is 0 Å². The predicted octanol–water partition coefficient (Wildman–Crippen LogP) is 5.85. The Morgan fingerprint density at radius 2 is 1.52 bits per heavy atom. The molecule has 0 aliphatic carbocycles. The molecule has 2 atom stereocenters. The highest BCUT2D eigenvalue weighted by Crippen LogP contribution is 2.47. The molecule has 1 N–H and O–H groups in total. The van der Waals surface area contributed by atoms with Crippen molar-refractivity contribution in [2.45, 2.75) is 89.7 Å². The summed E-state index contributed by atoms with van der Waals surface area (Å²) in [4.78, 5) is 10.5. The van der Waals surface area contributed by atoms with Gasteiger partial charge in [0.05, 0.1) is 0 Å². The zero-order valence-corrected chi connectivity index (χ0v) is 13.8. The van der Waals surface area contributed by atoms with Crippen LogP contribution in [0.15, 0.2) is 0 Å². The van der Waals surface area contributed by atoms with Crippen molar-refractivity contribution < 1.29 is 31.9 Å². The van der Waals surface area contributed by atoms with Crippen LogP contribution < -0.4 is 0 Å². The van der Waals surface area contributed by atoms with Crippen LogP contribution in [0.25, 0.3) is 0 Å². The maximum atomic E-state index is 14.2. The molecule has 0 saturated heterocycles. The van der Waals surface area contributed by atoms with Crippen LogP contribution in [0.1, 0.15) is 71.6 Å². The third kappa shape index (κ3) is 6.63. The van der Waals surface area contributed by atoms with E-state index in [1.54, 1.807) is 0 Å². The lowest BCUT2D eigenvalue weighted by Gasteiger charge is -2.35. The second-order valence-electron chi connectivity index (χ2n) is 5.95. The highest BCUT2D eigenvalue weighted by molar-refractivity contribution is 5.66. The number of hydrogen-bond acceptors (Lipinski definition) is 1. The molecule has 0 aromatic carbocycles. The van der Waals surface area contributed by atoms with Gasteiger partial charge >= 0.3 is 17.8 Å². The Morgan fingerprint density at radius 3 is 2.00 bits per heavy atom. The van der Waals surface area contributed by atoms with Gasteiger partial charge in [-0.05, 0) is 25.7 Å². The molecule has 0 aliphatic heterocycles. The standard InChI is InChI=1S/C16H27F5O2/c1-3-5-6-7-9-12(10-8-11-14(22)23)15(18,19)16(20,21)13(17)4-2/h12-13H,3-11H2,1-2H3,(H,22,23). The summed E-state index contributed by atoms with van der Waals surface area (Å²) in [5.74, 6) is -12.1. The minimum absolute atomic E-state index is 0.122. The number of carboxylic acid groups (broad SMARTS) is 1. The van der Waals surface area contributed by atoms with Crippen LogP contribution in [0, 0.1) is 5.92 Å².